The van der Waals surface area contributed by atoms with Crippen LogP contribution in [0.1, 0.15) is 19.8 Å². The minimum absolute atomic E-state index is 0.230. The number of hydrogen-bond donors (Lipinski definition) is 1. The lowest BCUT2D eigenvalue weighted by molar-refractivity contribution is 0.166. The first-order chi connectivity index (χ1) is 8.85. The zero-order valence-corrected chi connectivity index (χ0v) is 11.7. The Morgan fingerprint density at radius 3 is 3.11 bits per heavy atom. The molecule has 1 aliphatic rings. The molecular weight excluding hydrogens is 242 g/mol. The molecule has 0 aromatic heterocycles. The predicted molar refractivity (Wildman–Crippen MR) is 77.1 cm³/mol. The predicted octanol–water partition coefficient (Wildman–Crippen LogP) is 2.93. The average Bonchev–Trinajstić information content (AvgIpc) is 2.43. The molecule has 3 heteroatoms. The Hall–Kier alpha value is -1.11. The maximum absolute atomic E-state index is 6.08. The molecule has 0 saturated carbocycles. The van der Waals surface area contributed by atoms with Gasteiger partial charge in [0.1, 0.15) is 11.9 Å². The van der Waals surface area contributed by atoms with Crippen molar-refractivity contribution in [2.75, 3.05) is 12.8 Å². The highest BCUT2D eigenvalue weighted by Gasteiger charge is 2.26. The molecule has 0 saturated heterocycles. The summed E-state index contributed by atoms with van der Waals surface area (Å²) in [5.41, 5.74) is 0. The van der Waals surface area contributed by atoms with Gasteiger partial charge in [-0.2, -0.15) is 0 Å². The van der Waals surface area contributed by atoms with Gasteiger partial charge in [0.25, 0.3) is 0 Å². The monoisotopic (exact) mass is 261 g/mol. The first-order valence-corrected chi connectivity index (χ1v) is 7.29. The third-order valence-electron chi connectivity index (χ3n) is 3.11. The molecule has 2 atom stereocenters. The minimum Gasteiger partial charge on any atom is -0.487 e. The van der Waals surface area contributed by atoms with Crippen molar-refractivity contribution in [2.24, 2.45) is 0 Å². The van der Waals surface area contributed by atoms with Gasteiger partial charge in [0, 0.05) is 23.1 Å². The number of rotatable bonds is 4. The molecule has 1 N–H and O–H groups in total. The normalized spacial score (nSPS) is 19.1. The van der Waals surface area contributed by atoms with Crippen LogP contribution in [0.3, 0.4) is 0 Å². The zero-order chi connectivity index (χ0) is 12.8. The Balaban J connectivity index is 1.99. The van der Waals surface area contributed by atoms with Crippen LogP contribution in [0.15, 0.2) is 29.2 Å². The van der Waals surface area contributed by atoms with Gasteiger partial charge < -0.3 is 10.1 Å². The van der Waals surface area contributed by atoms with Gasteiger partial charge in [-0.1, -0.05) is 12.1 Å². The number of thioether (sulfide) groups is 1. The number of nitrogens with one attached hydrogen (secondary N) is 1. The van der Waals surface area contributed by atoms with Gasteiger partial charge in [0.2, 0.25) is 0 Å². The molecule has 1 aromatic carbocycles. The van der Waals surface area contributed by atoms with E-state index in [-0.39, 0.29) is 6.10 Å². The number of fused-ring (bicyclic) bond motifs is 1. The van der Waals surface area contributed by atoms with Crippen molar-refractivity contribution in [3.63, 3.8) is 0 Å². The van der Waals surface area contributed by atoms with Crippen LogP contribution in [0.5, 0.6) is 5.75 Å². The van der Waals surface area contributed by atoms with Crippen molar-refractivity contribution in [3.05, 3.63) is 24.3 Å². The van der Waals surface area contributed by atoms with Crippen molar-refractivity contribution in [3.8, 4) is 17.6 Å². The van der Waals surface area contributed by atoms with Crippen LogP contribution in [-0.4, -0.2) is 24.9 Å². The number of benzene rings is 1. The van der Waals surface area contributed by atoms with Gasteiger partial charge in [0.15, 0.2) is 0 Å². The van der Waals surface area contributed by atoms with Gasteiger partial charge in [0.05, 0.1) is 0 Å². The summed E-state index contributed by atoms with van der Waals surface area (Å²) in [5, 5.41) is 3.36. The van der Waals surface area contributed by atoms with E-state index in [1.165, 1.54) is 4.90 Å². The van der Waals surface area contributed by atoms with E-state index in [2.05, 4.69) is 29.3 Å². The van der Waals surface area contributed by atoms with Gasteiger partial charge in [-0.15, -0.1) is 23.6 Å². The first-order valence-electron chi connectivity index (χ1n) is 6.30. The number of hydrogen-bond acceptors (Lipinski definition) is 3. The molecule has 2 nitrogen and oxygen atoms in total. The fourth-order valence-corrected chi connectivity index (χ4v) is 3.18. The lowest BCUT2D eigenvalue weighted by atomic mass is 10.1. The zero-order valence-electron chi connectivity index (χ0n) is 10.9. The van der Waals surface area contributed by atoms with E-state index >= 15 is 0 Å². The Morgan fingerprint density at radius 1 is 1.50 bits per heavy atom. The molecule has 1 aliphatic heterocycles. The molecule has 1 heterocycles. The highest BCUT2D eigenvalue weighted by molar-refractivity contribution is 7.99. The standard InChI is InChI=1S/C15H19NOS/c1-3-4-5-8-12(16-2)14-11-18-15-10-7-6-9-13(15)17-14/h6-7,9-10,12,14,16H,5,8,11H2,1-2H3. The van der Waals surface area contributed by atoms with Gasteiger partial charge >= 0.3 is 0 Å². The summed E-state index contributed by atoms with van der Waals surface area (Å²) in [6.07, 6.45) is 2.19. The molecule has 18 heavy (non-hydrogen) atoms. The van der Waals surface area contributed by atoms with E-state index in [0.717, 1.165) is 24.3 Å². The third-order valence-corrected chi connectivity index (χ3v) is 4.25. The Bertz CT molecular complexity index is 449. The van der Waals surface area contributed by atoms with E-state index in [1.54, 1.807) is 0 Å². The second kappa shape index (κ2) is 6.72. The summed E-state index contributed by atoms with van der Waals surface area (Å²) in [4.78, 5) is 1.25. The van der Waals surface area contributed by atoms with Crippen LogP contribution in [0.4, 0.5) is 0 Å². The molecule has 1 aromatic rings. The number of ether oxygens (including phenoxy) is 1. The number of para-hydroxylation sites is 1. The summed E-state index contributed by atoms with van der Waals surface area (Å²) in [5.74, 6) is 8.08. The SMILES string of the molecule is CC#CCCC(NC)C1CSc2ccccc2O1. The summed E-state index contributed by atoms with van der Waals surface area (Å²) < 4.78 is 6.08. The highest BCUT2D eigenvalue weighted by atomic mass is 32.2. The maximum atomic E-state index is 6.08. The van der Waals surface area contributed by atoms with E-state index in [9.17, 15) is 0 Å². The van der Waals surface area contributed by atoms with Crippen molar-refractivity contribution in [1.82, 2.24) is 5.32 Å². The molecule has 0 bridgehead atoms. The lowest BCUT2D eigenvalue weighted by Crippen LogP contribution is -2.44. The molecule has 2 rings (SSSR count). The van der Waals surface area contributed by atoms with Crippen molar-refractivity contribution < 1.29 is 4.74 Å². The van der Waals surface area contributed by atoms with Crippen LogP contribution < -0.4 is 10.1 Å². The highest BCUT2D eigenvalue weighted by Crippen LogP contribution is 2.36. The molecule has 0 radical (unpaired) electrons. The smallest absolute Gasteiger partial charge is 0.133 e. The van der Waals surface area contributed by atoms with Crippen LogP contribution in [-0.2, 0) is 0 Å². The summed E-state index contributed by atoms with van der Waals surface area (Å²) >= 11 is 1.88. The van der Waals surface area contributed by atoms with E-state index in [1.807, 2.05) is 37.9 Å². The van der Waals surface area contributed by atoms with Crippen LogP contribution in [0.2, 0.25) is 0 Å². The largest absolute Gasteiger partial charge is 0.487 e. The van der Waals surface area contributed by atoms with Crippen LogP contribution >= 0.6 is 11.8 Å². The molecule has 0 amide bonds. The third kappa shape index (κ3) is 3.22. The molecule has 0 fully saturated rings. The van der Waals surface area contributed by atoms with Gasteiger partial charge in [-0.05, 0) is 32.5 Å². The summed E-state index contributed by atoms with van der Waals surface area (Å²) in [6, 6.07) is 8.62. The van der Waals surface area contributed by atoms with Gasteiger partial charge in [-0.25, -0.2) is 0 Å². The summed E-state index contributed by atoms with van der Waals surface area (Å²) in [7, 11) is 2.00. The maximum Gasteiger partial charge on any atom is 0.133 e. The second-order valence-electron chi connectivity index (χ2n) is 4.27. The van der Waals surface area contributed by atoms with E-state index in [0.29, 0.717) is 6.04 Å². The quantitative estimate of drug-likeness (QED) is 0.842. The van der Waals surface area contributed by atoms with Crippen molar-refractivity contribution in [2.45, 2.75) is 36.8 Å². The Labute approximate surface area is 113 Å². The van der Waals surface area contributed by atoms with Crippen LogP contribution in [0.25, 0.3) is 0 Å². The number of likely N-dealkylation sites (N-methyl/N-ethyl adjacent to an activating group) is 1. The fourth-order valence-electron chi connectivity index (χ4n) is 2.10. The minimum atomic E-state index is 0.230. The molecule has 2 unspecified atom stereocenters. The molecule has 0 spiro atoms. The average molecular weight is 261 g/mol. The van der Waals surface area contributed by atoms with Gasteiger partial charge in [-0.3, -0.25) is 0 Å². The summed E-state index contributed by atoms with van der Waals surface area (Å²) in [6.45, 7) is 1.89. The lowest BCUT2D eigenvalue weighted by Gasteiger charge is -2.31. The van der Waals surface area contributed by atoms with E-state index in [4.69, 9.17) is 4.74 Å². The fraction of sp³-hybridized carbons (Fsp3) is 0.467. The first kappa shape index (κ1) is 13.3. The Kier molecular flexibility index (Phi) is 4.98. The van der Waals surface area contributed by atoms with Crippen LogP contribution in [0, 0.1) is 11.8 Å². The topological polar surface area (TPSA) is 21.3 Å². The van der Waals surface area contributed by atoms with Crippen molar-refractivity contribution in [1.29, 1.82) is 0 Å². The molecule has 0 aliphatic carbocycles. The molecular formula is C15H19NOS. The van der Waals surface area contributed by atoms with Crippen molar-refractivity contribution >= 4 is 11.8 Å². The molecule has 96 valence electrons. The second-order valence-corrected chi connectivity index (χ2v) is 5.34. The van der Waals surface area contributed by atoms with E-state index < -0.39 is 0 Å². The Morgan fingerprint density at radius 2 is 2.33 bits per heavy atom.